The average molecular weight is 534 g/mol. The van der Waals surface area contributed by atoms with E-state index >= 15 is 0 Å². The van der Waals surface area contributed by atoms with Crippen LogP contribution in [0.4, 0.5) is 0 Å². The predicted molar refractivity (Wildman–Crippen MR) is 159 cm³/mol. The Morgan fingerprint density at radius 3 is 2.39 bits per heavy atom. The molecule has 7 unspecified atom stereocenters. The lowest BCUT2D eigenvalue weighted by atomic mass is 9.42. The quantitative estimate of drug-likeness (QED) is 0.202. The molecule has 5 nitrogen and oxygen atoms in total. The fraction of sp³-hybridized carbons (Fsp3) is 1.00. The van der Waals surface area contributed by atoms with Gasteiger partial charge in [-0.2, -0.15) is 0 Å². The van der Waals surface area contributed by atoms with Crippen LogP contribution in [0.15, 0.2) is 0 Å². The molecule has 4 aliphatic carbocycles. The molecule has 222 valence electrons. The zero-order chi connectivity index (χ0) is 27.6. The van der Waals surface area contributed by atoms with Gasteiger partial charge in [0, 0.05) is 17.9 Å². The largest absolute Gasteiger partial charge is 0.393 e. The Bertz CT molecular complexity index is 748. The molecule has 4 aliphatic rings. The van der Waals surface area contributed by atoms with E-state index in [4.69, 9.17) is 5.73 Å². The van der Waals surface area contributed by atoms with Crippen LogP contribution in [-0.2, 0) is 0 Å². The first-order chi connectivity index (χ1) is 18.1. The van der Waals surface area contributed by atoms with Gasteiger partial charge in [0.2, 0.25) is 0 Å². The maximum Gasteiger partial charge on any atom is 0.0880 e. The number of fused-ring (bicyclic) bond motifs is 5. The van der Waals surface area contributed by atoms with Gasteiger partial charge in [0.05, 0.1) is 11.7 Å². The van der Waals surface area contributed by atoms with Gasteiger partial charge in [-0.25, -0.2) is 0 Å². The van der Waals surface area contributed by atoms with Crippen LogP contribution in [-0.4, -0.2) is 54.1 Å². The van der Waals surface area contributed by atoms with Crippen molar-refractivity contribution in [3.8, 4) is 0 Å². The average Bonchev–Trinajstić information content (AvgIpc) is 3.22. The van der Waals surface area contributed by atoms with E-state index < -0.39 is 5.60 Å². The minimum Gasteiger partial charge on any atom is -0.393 e. The number of aliphatic hydroxyl groups is 2. The molecule has 4 rings (SSSR count). The highest BCUT2D eigenvalue weighted by molar-refractivity contribution is 5.18. The number of hydrogen-bond donors (Lipinski definition) is 5. The molecule has 0 aromatic rings. The molecule has 5 heteroatoms. The summed E-state index contributed by atoms with van der Waals surface area (Å²) in [7, 11) is 0. The third kappa shape index (κ3) is 5.89. The van der Waals surface area contributed by atoms with E-state index in [1.165, 1.54) is 44.9 Å². The van der Waals surface area contributed by atoms with Gasteiger partial charge in [0.15, 0.2) is 0 Å². The Hall–Kier alpha value is -0.200. The highest BCUT2D eigenvalue weighted by atomic mass is 16.3. The molecule has 0 saturated heterocycles. The van der Waals surface area contributed by atoms with Crippen molar-refractivity contribution >= 4 is 0 Å². The first-order valence-electron chi connectivity index (χ1n) is 16.6. The lowest BCUT2D eigenvalue weighted by molar-refractivity contribution is -0.234. The second-order valence-electron chi connectivity index (χ2n) is 15.1. The van der Waals surface area contributed by atoms with E-state index in [-0.39, 0.29) is 17.6 Å². The predicted octanol–water partition coefficient (Wildman–Crippen LogP) is 5.48. The van der Waals surface area contributed by atoms with Crippen molar-refractivity contribution in [1.82, 2.24) is 10.6 Å². The van der Waals surface area contributed by atoms with E-state index in [1.54, 1.807) is 0 Å². The maximum absolute atomic E-state index is 12.4. The van der Waals surface area contributed by atoms with Crippen LogP contribution in [0.2, 0.25) is 0 Å². The molecule has 0 spiro atoms. The second kappa shape index (κ2) is 12.8. The zero-order valence-corrected chi connectivity index (χ0v) is 25.6. The molecule has 0 bridgehead atoms. The van der Waals surface area contributed by atoms with Crippen molar-refractivity contribution in [2.75, 3.05) is 26.2 Å². The maximum atomic E-state index is 12.4. The van der Waals surface area contributed by atoms with E-state index in [0.717, 1.165) is 82.0 Å². The molecule has 0 aliphatic heterocycles. The van der Waals surface area contributed by atoms with Crippen LogP contribution in [0.1, 0.15) is 118 Å². The number of aliphatic hydroxyl groups excluding tert-OH is 1. The first-order valence-corrected chi connectivity index (χ1v) is 16.6. The smallest absolute Gasteiger partial charge is 0.0880 e. The van der Waals surface area contributed by atoms with Gasteiger partial charge in [0.25, 0.3) is 0 Å². The highest BCUT2D eigenvalue weighted by Crippen LogP contribution is 2.69. The SMILES string of the molecule is CC(C)CCCC(C)C1CCC2C3C[C@@H](NCCCNCCCN)[C@@]4(O)C[C@@H](O)CCC4(C)C3CCC12C. The van der Waals surface area contributed by atoms with Gasteiger partial charge in [-0.3, -0.25) is 0 Å². The monoisotopic (exact) mass is 533 g/mol. The van der Waals surface area contributed by atoms with Gasteiger partial charge in [-0.05, 0) is 125 Å². The summed E-state index contributed by atoms with van der Waals surface area (Å²) < 4.78 is 0. The van der Waals surface area contributed by atoms with Crippen molar-refractivity contribution in [3.05, 3.63) is 0 Å². The van der Waals surface area contributed by atoms with Crippen LogP contribution in [0, 0.1) is 46.3 Å². The Morgan fingerprint density at radius 1 is 0.895 bits per heavy atom. The first kappa shape index (κ1) is 30.8. The summed E-state index contributed by atoms with van der Waals surface area (Å²) in [6, 6.07) is 0.0811. The Morgan fingerprint density at radius 2 is 1.66 bits per heavy atom. The van der Waals surface area contributed by atoms with Gasteiger partial charge >= 0.3 is 0 Å². The van der Waals surface area contributed by atoms with Crippen molar-refractivity contribution in [2.45, 2.75) is 136 Å². The Labute approximate surface area is 234 Å². The van der Waals surface area contributed by atoms with Gasteiger partial charge in [-0.15, -0.1) is 0 Å². The second-order valence-corrected chi connectivity index (χ2v) is 15.1. The molecule has 10 atom stereocenters. The summed E-state index contributed by atoms with van der Waals surface area (Å²) >= 11 is 0. The molecule has 0 aromatic heterocycles. The molecule has 4 fully saturated rings. The van der Waals surface area contributed by atoms with Crippen LogP contribution in [0.5, 0.6) is 0 Å². The van der Waals surface area contributed by atoms with E-state index in [9.17, 15) is 10.2 Å². The Kier molecular flexibility index (Phi) is 10.3. The topological polar surface area (TPSA) is 90.5 Å². The van der Waals surface area contributed by atoms with Crippen LogP contribution in [0.25, 0.3) is 0 Å². The minimum atomic E-state index is -0.811. The molecule has 0 aromatic carbocycles. The molecule has 0 heterocycles. The van der Waals surface area contributed by atoms with Crippen molar-refractivity contribution in [1.29, 1.82) is 0 Å². The fourth-order valence-electron chi connectivity index (χ4n) is 10.4. The summed E-state index contributed by atoms with van der Waals surface area (Å²) in [6.07, 6.45) is 14.6. The third-order valence-corrected chi connectivity index (χ3v) is 12.6. The van der Waals surface area contributed by atoms with E-state index in [1.807, 2.05) is 0 Å². The zero-order valence-electron chi connectivity index (χ0n) is 25.6. The number of nitrogens with one attached hydrogen (secondary N) is 2. The minimum absolute atomic E-state index is 0.0811. The lowest BCUT2D eigenvalue weighted by Gasteiger charge is -2.66. The normalized spacial score (nSPS) is 43.5. The Balaban J connectivity index is 1.48. The molecule has 0 amide bonds. The van der Waals surface area contributed by atoms with Crippen LogP contribution in [0.3, 0.4) is 0 Å². The highest BCUT2D eigenvalue weighted by Gasteiger charge is 2.67. The number of nitrogens with two attached hydrogens (primary N) is 1. The third-order valence-electron chi connectivity index (χ3n) is 12.6. The van der Waals surface area contributed by atoms with Crippen molar-refractivity contribution in [3.63, 3.8) is 0 Å². The van der Waals surface area contributed by atoms with E-state index in [0.29, 0.717) is 23.7 Å². The standard InChI is InChI=1S/C33H63N3O2/c1-23(2)9-6-10-24(3)27-11-12-28-26-21-30(36-20-8-19-35-18-7-17-34)33(38)22-25(37)13-16-32(33,5)29(26)14-15-31(27,28)4/h23-30,35-38H,6-22,34H2,1-5H3/t24?,25-,26?,27?,28?,29?,30+,31?,32?,33-/m0/s1. The van der Waals surface area contributed by atoms with Crippen molar-refractivity contribution in [2.24, 2.45) is 52.1 Å². The molecule has 0 radical (unpaired) electrons. The summed E-state index contributed by atoms with van der Waals surface area (Å²) in [6.45, 7) is 16.0. The number of hydrogen-bond acceptors (Lipinski definition) is 5. The molecule has 38 heavy (non-hydrogen) atoms. The molecular formula is C33H63N3O2. The summed E-state index contributed by atoms with van der Waals surface area (Å²) in [5, 5.41) is 30.5. The summed E-state index contributed by atoms with van der Waals surface area (Å²) in [5.41, 5.74) is 5.16. The fourth-order valence-corrected chi connectivity index (χ4v) is 10.4. The summed E-state index contributed by atoms with van der Waals surface area (Å²) in [4.78, 5) is 0. The molecular weight excluding hydrogens is 470 g/mol. The van der Waals surface area contributed by atoms with Gasteiger partial charge in [-0.1, -0.05) is 53.9 Å². The molecule has 4 saturated carbocycles. The van der Waals surface area contributed by atoms with Gasteiger partial charge < -0.3 is 26.6 Å². The van der Waals surface area contributed by atoms with E-state index in [2.05, 4.69) is 45.3 Å². The van der Waals surface area contributed by atoms with Crippen molar-refractivity contribution < 1.29 is 10.2 Å². The van der Waals surface area contributed by atoms with Crippen LogP contribution >= 0.6 is 0 Å². The van der Waals surface area contributed by atoms with Gasteiger partial charge in [0.1, 0.15) is 0 Å². The molecule has 6 N–H and O–H groups in total. The number of rotatable bonds is 13. The van der Waals surface area contributed by atoms with Crippen LogP contribution < -0.4 is 16.4 Å². The lowest BCUT2D eigenvalue weighted by Crippen LogP contribution is -2.71. The summed E-state index contributed by atoms with van der Waals surface area (Å²) in [5.74, 6) is 4.56.